The van der Waals surface area contributed by atoms with Gasteiger partial charge >= 0.3 is 12.1 Å². The molecule has 0 unspecified atom stereocenters. The van der Waals surface area contributed by atoms with E-state index in [0.717, 1.165) is 26.3 Å². The first-order valence-electron chi connectivity index (χ1n) is 7.73. The van der Waals surface area contributed by atoms with Crippen LogP contribution < -0.4 is 0 Å². The molecule has 1 aromatic rings. The van der Waals surface area contributed by atoms with Crippen LogP contribution in [0.3, 0.4) is 0 Å². The van der Waals surface area contributed by atoms with Crippen molar-refractivity contribution in [2.45, 2.75) is 40.5 Å². The smallest absolute Gasteiger partial charge is 0.426 e. The number of allylic oxidation sites excluding steroid dienone is 2. The van der Waals surface area contributed by atoms with Crippen molar-refractivity contribution in [2.75, 3.05) is 0 Å². The minimum absolute atomic E-state index is 0.114. The molecule has 2 rings (SSSR count). The Balaban J connectivity index is 2.09. The van der Waals surface area contributed by atoms with E-state index in [1.165, 1.54) is 0 Å². The van der Waals surface area contributed by atoms with Crippen LogP contribution in [0.4, 0.5) is 13.2 Å². The molecule has 138 valence electrons. The summed E-state index contributed by atoms with van der Waals surface area (Å²) in [5, 5.41) is -1.19. The summed E-state index contributed by atoms with van der Waals surface area (Å²) < 4.78 is 44.3. The fourth-order valence-electron chi connectivity index (χ4n) is 3.01. The van der Waals surface area contributed by atoms with Gasteiger partial charge in [0.15, 0.2) is 0 Å². The van der Waals surface area contributed by atoms with Gasteiger partial charge < -0.3 is 4.74 Å². The molecule has 1 aliphatic rings. The molecule has 0 aliphatic heterocycles. The van der Waals surface area contributed by atoms with E-state index in [-0.39, 0.29) is 6.61 Å². The number of carbonyl (C=O) groups excluding carboxylic acids is 1. The number of hydrogen-bond donors (Lipinski definition) is 0. The number of esters is 1. The van der Waals surface area contributed by atoms with Crippen LogP contribution in [0, 0.1) is 34.7 Å². The summed E-state index contributed by atoms with van der Waals surface area (Å²) in [7, 11) is 0. The SMILES string of the molecule is Cc1ccc(I)c(C)c1COC(=O)[C@@H]1[C@H](C=C(Cl)C(F)(F)F)C1(C)C. The van der Waals surface area contributed by atoms with E-state index in [2.05, 4.69) is 22.6 Å². The van der Waals surface area contributed by atoms with Gasteiger partial charge in [0.2, 0.25) is 0 Å². The molecule has 1 aromatic carbocycles. The summed E-state index contributed by atoms with van der Waals surface area (Å²) in [5.41, 5.74) is 2.38. The number of aryl methyl sites for hydroxylation is 1. The fraction of sp³-hybridized carbons (Fsp3) is 0.500. The van der Waals surface area contributed by atoms with Gasteiger partial charge in [0, 0.05) is 3.57 Å². The largest absolute Gasteiger partial charge is 0.461 e. The summed E-state index contributed by atoms with van der Waals surface area (Å²) in [6.07, 6.45) is -3.67. The Morgan fingerprint density at radius 3 is 2.52 bits per heavy atom. The van der Waals surface area contributed by atoms with Crippen LogP contribution in [0.5, 0.6) is 0 Å². The van der Waals surface area contributed by atoms with Gasteiger partial charge in [-0.3, -0.25) is 4.79 Å². The van der Waals surface area contributed by atoms with Crippen LogP contribution >= 0.6 is 34.2 Å². The number of benzene rings is 1. The van der Waals surface area contributed by atoms with Crippen molar-refractivity contribution in [3.63, 3.8) is 0 Å². The number of ether oxygens (including phenoxy) is 1. The van der Waals surface area contributed by atoms with Crippen molar-refractivity contribution in [1.29, 1.82) is 0 Å². The zero-order chi connectivity index (χ0) is 19.2. The Labute approximate surface area is 163 Å². The predicted molar refractivity (Wildman–Crippen MR) is 99.2 cm³/mol. The van der Waals surface area contributed by atoms with E-state index >= 15 is 0 Å². The molecule has 0 saturated heterocycles. The Kier molecular flexibility index (Phi) is 5.84. The third-order valence-corrected chi connectivity index (χ3v) is 6.40. The van der Waals surface area contributed by atoms with E-state index in [4.69, 9.17) is 16.3 Å². The van der Waals surface area contributed by atoms with Gasteiger partial charge in [0.1, 0.15) is 11.6 Å². The molecule has 1 saturated carbocycles. The fourth-order valence-corrected chi connectivity index (χ4v) is 3.65. The molecule has 2 atom stereocenters. The Hall–Kier alpha value is -0.760. The number of halogens is 5. The molecule has 0 spiro atoms. The summed E-state index contributed by atoms with van der Waals surface area (Å²) in [6, 6.07) is 3.94. The monoisotopic (exact) mass is 486 g/mol. The highest BCUT2D eigenvalue weighted by atomic mass is 127. The highest BCUT2D eigenvalue weighted by Crippen LogP contribution is 2.60. The topological polar surface area (TPSA) is 26.3 Å². The third kappa shape index (κ3) is 4.32. The lowest BCUT2D eigenvalue weighted by Crippen LogP contribution is -2.12. The lowest BCUT2D eigenvalue weighted by atomic mass is 10.0. The Morgan fingerprint density at radius 2 is 1.96 bits per heavy atom. The minimum atomic E-state index is -4.59. The normalized spacial score (nSPS) is 22.7. The van der Waals surface area contributed by atoms with Crippen molar-refractivity contribution in [3.05, 3.63) is 43.5 Å². The highest BCUT2D eigenvalue weighted by Gasteiger charge is 2.62. The molecule has 25 heavy (non-hydrogen) atoms. The van der Waals surface area contributed by atoms with E-state index < -0.39 is 34.4 Å². The van der Waals surface area contributed by atoms with E-state index in [9.17, 15) is 18.0 Å². The second kappa shape index (κ2) is 7.10. The zero-order valence-electron chi connectivity index (χ0n) is 14.3. The van der Waals surface area contributed by atoms with Crippen molar-refractivity contribution in [2.24, 2.45) is 17.3 Å². The van der Waals surface area contributed by atoms with Crippen molar-refractivity contribution in [1.82, 2.24) is 0 Å². The molecule has 0 heterocycles. The van der Waals surface area contributed by atoms with Gasteiger partial charge in [0.25, 0.3) is 0 Å². The molecule has 0 bridgehead atoms. The maximum absolute atomic E-state index is 12.6. The minimum Gasteiger partial charge on any atom is -0.461 e. The summed E-state index contributed by atoms with van der Waals surface area (Å²) in [4.78, 5) is 12.4. The number of hydrogen-bond acceptors (Lipinski definition) is 2. The molecule has 0 aromatic heterocycles. The second-order valence-electron chi connectivity index (χ2n) is 6.91. The lowest BCUT2D eigenvalue weighted by Gasteiger charge is -2.12. The maximum atomic E-state index is 12.6. The summed E-state index contributed by atoms with van der Waals surface area (Å²) in [6.45, 7) is 7.48. The van der Waals surface area contributed by atoms with Crippen LogP contribution in [0.2, 0.25) is 0 Å². The summed E-state index contributed by atoms with van der Waals surface area (Å²) in [5.74, 6) is -1.69. The van der Waals surface area contributed by atoms with Crippen LogP contribution in [-0.4, -0.2) is 12.1 Å². The van der Waals surface area contributed by atoms with E-state index in [1.807, 2.05) is 26.0 Å². The van der Waals surface area contributed by atoms with Crippen LogP contribution in [0.15, 0.2) is 23.2 Å². The van der Waals surface area contributed by atoms with E-state index in [0.29, 0.717) is 0 Å². The van der Waals surface area contributed by atoms with Crippen molar-refractivity contribution < 1.29 is 22.7 Å². The van der Waals surface area contributed by atoms with E-state index in [1.54, 1.807) is 13.8 Å². The Morgan fingerprint density at radius 1 is 1.36 bits per heavy atom. The standard InChI is InChI=1S/C18H19ClF3IO2/c1-9-5-6-13(23)10(2)11(9)8-25-16(24)15-12(17(15,3)4)7-14(19)18(20,21)22/h5-7,12,15H,8H2,1-4H3/t12-,15-/m0/s1. The molecule has 7 heteroatoms. The molecule has 0 radical (unpaired) electrons. The number of carbonyl (C=O) groups is 1. The molecular weight excluding hydrogens is 468 g/mol. The number of rotatable bonds is 4. The van der Waals surface area contributed by atoms with Crippen LogP contribution in [0.1, 0.15) is 30.5 Å². The van der Waals surface area contributed by atoms with Crippen LogP contribution in [0.25, 0.3) is 0 Å². The van der Waals surface area contributed by atoms with Gasteiger partial charge in [-0.25, -0.2) is 0 Å². The van der Waals surface area contributed by atoms with Crippen molar-refractivity contribution >= 4 is 40.2 Å². The number of alkyl halides is 3. The third-order valence-electron chi connectivity index (χ3n) is 4.89. The molecule has 1 fully saturated rings. The zero-order valence-corrected chi connectivity index (χ0v) is 17.2. The predicted octanol–water partition coefficient (Wildman–Crippen LogP) is 5.91. The van der Waals surface area contributed by atoms with Crippen molar-refractivity contribution in [3.8, 4) is 0 Å². The molecule has 1 aliphatic carbocycles. The average molecular weight is 487 g/mol. The second-order valence-corrected chi connectivity index (χ2v) is 8.48. The summed E-state index contributed by atoms with van der Waals surface area (Å²) >= 11 is 7.51. The van der Waals surface area contributed by atoms with Gasteiger partial charge in [-0.15, -0.1) is 0 Å². The van der Waals surface area contributed by atoms with Gasteiger partial charge in [-0.2, -0.15) is 13.2 Å². The quantitative estimate of drug-likeness (QED) is 0.391. The molecule has 2 nitrogen and oxygen atoms in total. The highest BCUT2D eigenvalue weighted by molar-refractivity contribution is 14.1. The first-order chi connectivity index (χ1) is 11.4. The Bertz CT molecular complexity index is 726. The first kappa shape index (κ1) is 20.6. The lowest BCUT2D eigenvalue weighted by molar-refractivity contribution is -0.147. The molecule has 0 amide bonds. The molecule has 0 N–H and O–H groups in total. The average Bonchev–Trinajstić information content (AvgIpc) is 3.02. The van der Waals surface area contributed by atoms with Gasteiger partial charge in [-0.05, 0) is 70.5 Å². The van der Waals surface area contributed by atoms with Gasteiger partial charge in [0.05, 0.1) is 5.92 Å². The first-order valence-corrected chi connectivity index (χ1v) is 9.18. The maximum Gasteiger partial charge on any atom is 0.426 e. The van der Waals surface area contributed by atoms with Crippen LogP contribution in [-0.2, 0) is 16.1 Å². The molecular formula is C18H19ClF3IO2. The van der Waals surface area contributed by atoms with Gasteiger partial charge in [-0.1, -0.05) is 37.6 Å².